The number of fused-ring (bicyclic) bond motifs is 8. The number of anilines is 2. The maximum Gasteiger partial charge on any atom is 0.0890 e. The van der Waals surface area contributed by atoms with Crippen LogP contribution >= 0.6 is 0 Å². The quantitative estimate of drug-likeness (QED) is 0.130. The Hall–Kier alpha value is -7.62. The van der Waals surface area contributed by atoms with Crippen LogP contribution in [0.2, 0.25) is 0 Å². The molecule has 1 aliphatic carbocycles. The lowest BCUT2D eigenvalue weighted by Gasteiger charge is -2.26. The summed E-state index contributed by atoms with van der Waals surface area (Å²) in [5.74, 6) is 0.196. The maximum absolute atomic E-state index is 4.91. The molecule has 1 atom stereocenters. The fraction of sp³-hybridized carbons (Fsp3) is 0.0357. The molecule has 3 nitrogen and oxygen atoms in total. The van der Waals surface area contributed by atoms with Crippen molar-refractivity contribution in [2.45, 2.75) is 12.3 Å². The average molecular weight is 752 g/mol. The van der Waals surface area contributed by atoms with Crippen LogP contribution in [0.15, 0.2) is 212 Å². The van der Waals surface area contributed by atoms with E-state index in [9.17, 15) is 0 Å². The third kappa shape index (κ3) is 5.36. The van der Waals surface area contributed by atoms with Crippen LogP contribution in [0.25, 0.3) is 82.3 Å². The van der Waals surface area contributed by atoms with E-state index in [0.29, 0.717) is 0 Å². The third-order valence-corrected chi connectivity index (χ3v) is 12.5. The van der Waals surface area contributed by atoms with Crippen LogP contribution < -0.4 is 4.90 Å². The summed E-state index contributed by atoms with van der Waals surface area (Å²) < 4.78 is 0. The number of pyridine rings is 2. The van der Waals surface area contributed by atoms with Crippen molar-refractivity contribution in [2.24, 2.45) is 0 Å². The van der Waals surface area contributed by atoms with Crippen LogP contribution in [-0.2, 0) is 0 Å². The van der Waals surface area contributed by atoms with Crippen LogP contribution in [0.5, 0.6) is 0 Å². The normalized spacial score (nSPS) is 14.7. The lowest BCUT2D eigenvalue weighted by atomic mass is 9.83. The van der Waals surface area contributed by atoms with E-state index in [1.165, 1.54) is 87.7 Å². The fourth-order valence-corrected chi connectivity index (χ4v) is 9.84. The van der Waals surface area contributed by atoms with E-state index >= 15 is 0 Å². The summed E-state index contributed by atoms with van der Waals surface area (Å²) in [6.07, 6.45) is 9.41. The lowest BCUT2D eigenvalue weighted by molar-refractivity contribution is 0.832. The fourth-order valence-electron chi connectivity index (χ4n) is 9.84. The van der Waals surface area contributed by atoms with Crippen LogP contribution in [0.4, 0.5) is 11.4 Å². The largest absolute Gasteiger partial charge is 0.312 e. The molecule has 0 spiro atoms. The number of rotatable bonds is 5. The van der Waals surface area contributed by atoms with Gasteiger partial charge in [-0.1, -0.05) is 152 Å². The van der Waals surface area contributed by atoms with E-state index in [0.717, 1.165) is 29.2 Å². The van der Waals surface area contributed by atoms with Gasteiger partial charge in [0.1, 0.15) is 0 Å². The molecule has 276 valence electrons. The molecule has 8 aromatic carbocycles. The summed E-state index contributed by atoms with van der Waals surface area (Å²) in [6, 6.07) is 66.2. The molecular weight excluding hydrogens is 715 g/mol. The molecule has 0 fully saturated rings. The van der Waals surface area contributed by atoms with Crippen molar-refractivity contribution in [1.29, 1.82) is 0 Å². The highest BCUT2D eigenvalue weighted by atomic mass is 15.2. The minimum Gasteiger partial charge on any atom is -0.312 e. The molecule has 0 radical (unpaired) electrons. The zero-order chi connectivity index (χ0) is 38.9. The molecule has 0 amide bonds. The Labute approximate surface area is 342 Å². The van der Waals surface area contributed by atoms with Gasteiger partial charge in [0.2, 0.25) is 0 Å². The van der Waals surface area contributed by atoms with Gasteiger partial charge in [-0.05, 0) is 131 Å². The summed E-state index contributed by atoms with van der Waals surface area (Å²) in [4.78, 5) is 11.9. The Balaban J connectivity index is 0.972. The van der Waals surface area contributed by atoms with Crippen LogP contribution in [0.1, 0.15) is 23.5 Å². The van der Waals surface area contributed by atoms with Gasteiger partial charge in [-0.3, -0.25) is 9.97 Å². The summed E-state index contributed by atoms with van der Waals surface area (Å²) in [5.41, 5.74) is 14.3. The van der Waals surface area contributed by atoms with Gasteiger partial charge in [-0.25, -0.2) is 0 Å². The van der Waals surface area contributed by atoms with Crippen LogP contribution in [-0.4, -0.2) is 9.97 Å². The van der Waals surface area contributed by atoms with E-state index in [2.05, 4.69) is 186 Å². The number of aromatic nitrogens is 2. The number of nitrogens with zero attached hydrogens (tertiary/aromatic N) is 3. The first-order valence-corrected chi connectivity index (χ1v) is 20.4. The first-order chi connectivity index (χ1) is 29.3. The molecule has 2 aliphatic rings. The van der Waals surface area contributed by atoms with E-state index in [4.69, 9.17) is 4.98 Å². The highest BCUT2D eigenvalue weighted by molar-refractivity contribution is 6.25. The molecule has 0 N–H and O–H groups in total. The van der Waals surface area contributed by atoms with Crippen molar-refractivity contribution in [2.75, 3.05) is 4.90 Å². The van der Waals surface area contributed by atoms with Crippen molar-refractivity contribution < 1.29 is 0 Å². The first kappa shape index (κ1) is 33.5. The topological polar surface area (TPSA) is 29.0 Å². The highest BCUT2D eigenvalue weighted by Crippen LogP contribution is 2.53. The van der Waals surface area contributed by atoms with Crippen molar-refractivity contribution in [3.63, 3.8) is 0 Å². The predicted molar refractivity (Wildman–Crippen MR) is 247 cm³/mol. The lowest BCUT2D eigenvalue weighted by Crippen LogP contribution is -2.15. The SMILES string of the molecule is C1=C(c2ccc(-c3c4ccccc4c(-c4cc5ccccc5c5ccccc45)c4ccccc34)cc2)CC2C(=C1)N(c1ccccc1)c1cnc(-c3ccccn3)cc12. The first-order valence-electron chi connectivity index (χ1n) is 20.4. The van der Waals surface area contributed by atoms with Crippen molar-refractivity contribution in [1.82, 2.24) is 9.97 Å². The monoisotopic (exact) mass is 751 g/mol. The van der Waals surface area contributed by atoms with Crippen LogP contribution in [0, 0.1) is 0 Å². The summed E-state index contributed by atoms with van der Waals surface area (Å²) in [7, 11) is 0. The zero-order valence-electron chi connectivity index (χ0n) is 32.3. The molecule has 1 aliphatic heterocycles. The molecule has 59 heavy (non-hydrogen) atoms. The minimum absolute atomic E-state index is 0.196. The van der Waals surface area contributed by atoms with Gasteiger partial charge in [0.05, 0.1) is 23.3 Å². The minimum atomic E-state index is 0.196. The molecule has 3 heterocycles. The molecule has 0 bridgehead atoms. The number of allylic oxidation sites excluding steroid dienone is 4. The average Bonchev–Trinajstić information content (AvgIpc) is 3.64. The van der Waals surface area contributed by atoms with Gasteiger partial charge >= 0.3 is 0 Å². The molecular formula is C56H37N3. The van der Waals surface area contributed by atoms with Crippen LogP contribution in [0.3, 0.4) is 0 Å². The molecule has 10 aromatic rings. The van der Waals surface area contributed by atoms with Gasteiger partial charge in [0.25, 0.3) is 0 Å². The molecule has 0 saturated heterocycles. The Morgan fingerprint density at radius 2 is 1.07 bits per heavy atom. The van der Waals surface area contributed by atoms with E-state index in [-0.39, 0.29) is 5.92 Å². The standard InChI is InChI=1S/C56H37N3/c1-2-15-40(16-3-1)59-53-30-29-38(32-48(53)49-34-52(58-35-54(49)59)51-24-12-13-31-57-51)36-25-27-37(28-26-36)55-44-20-8-10-22-46(44)56(47-23-11-9-21-45(47)55)50-33-39-14-4-5-17-41(39)42-18-6-7-19-43(42)50/h1-31,33-35,48H,32H2. The second-order valence-corrected chi connectivity index (χ2v) is 15.7. The Morgan fingerprint density at radius 3 is 1.78 bits per heavy atom. The molecule has 1 unspecified atom stereocenters. The maximum atomic E-state index is 4.91. The van der Waals surface area contributed by atoms with Crippen molar-refractivity contribution in [3.05, 3.63) is 223 Å². The third-order valence-electron chi connectivity index (χ3n) is 12.5. The molecule has 12 rings (SSSR count). The van der Waals surface area contributed by atoms with Gasteiger partial charge in [-0.15, -0.1) is 0 Å². The number of hydrogen-bond acceptors (Lipinski definition) is 3. The van der Waals surface area contributed by atoms with Gasteiger partial charge in [0.15, 0.2) is 0 Å². The molecule has 2 aromatic heterocycles. The predicted octanol–water partition coefficient (Wildman–Crippen LogP) is 14.7. The zero-order valence-corrected chi connectivity index (χ0v) is 32.3. The molecule has 3 heteroatoms. The number of benzene rings is 8. The summed E-state index contributed by atoms with van der Waals surface area (Å²) >= 11 is 0. The summed E-state index contributed by atoms with van der Waals surface area (Å²) in [6.45, 7) is 0. The second kappa shape index (κ2) is 13.5. The van der Waals surface area contributed by atoms with E-state index in [1.807, 2.05) is 30.6 Å². The Kier molecular flexibility index (Phi) is 7.67. The highest BCUT2D eigenvalue weighted by Gasteiger charge is 2.37. The van der Waals surface area contributed by atoms with Gasteiger partial charge < -0.3 is 4.90 Å². The van der Waals surface area contributed by atoms with E-state index in [1.54, 1.807) is 0 Å². The van der Waals surface area contributed by atoms with Crippen molar-refractivity contribution >= 4 is 60.0 Å². The van der Waals surface area contributed by atoms with Gasteiger partial charge in [-0.2, -0.15) is 0 Å². The number of para-hydroxylation sites is 1. The molecule has 0 saturated carbocycles. The smallest absolute Gasteiger partial charge is 0.0890 e. The van der Waals surface area contributed by atoms with Crippen molar-refractivity contribution in [3.8, 4) is 33.6 Å². The summed E-state index contributed by atoms with van der Waals surface area (Å²) in [5, 5.41) is 10.2. The second-order valence-electron chi connectivity index (χ2n) is 15.7. The number of hydrogen-bond donors (Lipinski definition) is 0. The van der Waals surface area contributed by atoms with E-state index < -0.39 is 0 Å². The van der Waals surface area contributed by atoms with Gasteiger partial charge in [0, 0.05) is 23.5 Å². The Bertz CT molecular complexity index is 3290. The Morgan fingerprint density at radius 1 is 0.458 bits per heavy atom.